The summed E-state index contributed by atoms with van der Waals surface area (Å²) in [6, 6.07) is 9.97. The van der Waals surface area contributed by atoms with Crippen molar-refractivity contribution in [2.75, 3.05) is 0 Å². The van der Waals surface area contributed by atoms with Crippen LogP contribution >= 0.6 is 15.9 Å². The molecule has 0 radical (unpaired) electrons. The van der Waals surface area contributed by atoms with Crippen molar-refractivity contribution in [3.8, 4) is 0 Å². The fourth-order valence-electron chi connectivity index (χ4n) is 3.27. The van der Waals surface area contributed by atoms with E-state index in [0.29, 0.717) is 0 Å². The zero-order valence-corrected chi connectivity index (χ0v) is 13.7. The van der Waals surface area contributed by atoms with Gasteiger partial charge in [-0.15, -0.1) is 0 Å². The molecule has 0 spiro atoms. The van der Waals surface area contributed by atoms with Gasteiger partial charge in [0.1, 0.15) is 0 Å². The second kappa shape index (κ2) is 10.9. The molecular formula is C17H26BrNO. The van der Waals surface area contributed by atoms with Crippen molar-refractivity contribution in [3.05, 3.63) is 34.8 Å². The zero-order chi connectivity index (χ0) is 14.6. The molecule has 1 aromatic carbocycles. The third kappa shape index (κ3) is 7.09. The largest absolute Gasteiger partial charge is 0.372 e. The minimum absolute atomic E-state index is 0.250. The van der Waals surface area contributed by atoms with Crippen molar-refractivity contribution in [3.63, 3.8) is 0 Å². The monoisotopic (exact) mass is 339 g/mol. The lowest BCUT2D eigenvalue weighted by Crippen LogP contribution is -2.22. The van der Waals surface area contributed by atoms with Crippen molar-refractivity contribution < 1.29 is 4.79 Å². The van der Waals surface area contributed by atoms with Gasteiger partial charge < -0.3 is 5.73 Å². The van der Waals surface area contributed by atoms with Crippen molar-refractivity contribution >= 4 is 22.3 Å². The predicted octanol–water partition coefficient (Wildman–Crippen LogP) is 4.92. The summed E-state index contributed by atoms with van der Waals surface area (Å²) in [7, 11) is 0. The molecule has 0 bridgehead atoms. The lowest BCUT2D eigenvalue weighted by Gasteiger charge is -2.35. The fraction of sp³-hybridized carbons (Fsp3) is 0.588. The van der Waals surface area contributed by atoms with Gasteiger partial charge in [-0.25, -0.2) is 0 Å². The summed E-state index contributed by atoms with van der Waals surface area (Å²) in [5, 5.41) is 0. The molecule has 0 aromatic heterocycles. The molecule has 0 saturated heterocycles. The first-order valence-electron chi connectivity index (χ1n) is 7.64. The third-order valence-corrected chi connectivity index (χ3v) is 4.73. The van der Waals surface area contributed by atoms with Crippen LogP contribution in [0.4, 0.5) is 0 Å². The molecule has 0 atom stereocenters. The van der Waals surface area contributed by atoms with Crippen LogP contribution < -0.4 is 5.73 Å². The van der Waals surface area contributed by atoms with Gasteiger partial charge in [0.2, 0.25) is 6.41 Å². The molecule has 1 aromatic rings. The van der Waals surface area contributed by atoms with Crippen LogP contribution in [0.2, 0.25) is 0 Å². The second-order valence-corrected chi connectivity index (χ2v) is 6.44. The lowest BCUT2D eigenvalue weighted by molar-refractivity contribution is -0.106. The van der Waals surface area contributed by atoms with Crippen molar-refractivity contribution in [2.45, 2.75) is 51.4 Å². The molecule has 20 heavy (non-hydrogen) atoms. The highest BCUT2D eigenvalue weighted by Crippen LogP contribution is 2.39. The average Bonchev–Trinajstić information content (AvgIpc) is 2.50. The fourth-order valence-corrected chi connectivity index (χ4v) is 3.58. The Morgan fingerprint density at radius 2 is 1.25 bits per heavy atom. The number of hydrogen-bond donors (Lipinski definition) is 1. The predicted molar refractivity (Wildman–Crippen MR) is 88.3 cm³/mol. The zero-order valence-electron chi connectivity index (χ0n) is 12.1. The van der Waals surface area contributed by atoms with Crippen molar-refractivity contribution in [1.82, 2.24) is 0 Å². The van der Waals surface area contributed by atoms with E-state index in [9.17, 15) is 0 Å². The minimum Gasteiger partial charge on any atom is -0.372 e. The summed E-state index contributed by atoms with van der Waals surface area (Å²) in [6.45, 7) is 0. The first-order chi connectivity index (χ1) is 9.77. The standard InChI is InChI=1S/C10H18.C6H5Br.CH3NO/c1-2-6-10-8-4-3-7-9(10)5-1;7-6-4-2-1-3-5-6;2-1-3/h9-10H,1-8H2;1-5H;1H,(H2,2,3). The van der Waals surface area contributed by atoms with E-state index in [0.717, 1.165) is 16.3 Å². The van der Waals surface area contributed by atoms with E-state index in [4.69, 9.17) is 4.79 Å². The third-order valence-electron chi connectivity index (χ3n) is 4.20. The first-order valence-corrected chi connectivity index (χ1v) is 8.43. The number of primary amides is 1. The van der Waals surface area contributed by atoms with E-state index < -0.39 is 0 Å². The Hall–Kier alpha value is -0.830. The highest BCUT2D eigenvalue weighted by molar-refractivity contribution is 9.10. The number of amides is 1. The Balaban J connectivity index is 0.000000176. The van der Waals surface area contributed by atoms with Crippen molar-refractivity contribution in [1.29, 1.82) is 0 Å². The van der Waals surface area contributed by atoms with Gasteiger partial charge >= 0.3 is 0 Å². The Morgan fingerprint density at radius 3 is 1.50 bits per heavy atom. The highest BCUT2D eigenvalue weighted by atomic mass is 79.9. The van der Waals surface area contributed by atoms with Crippen LogP contribution in [0.3, 0.4) is 0 Å². The SMILES string of the molecule is Brc1ccccc1.C1CCC2CCCCC2C1.NC=O. The number of hydrogen-bond acceptors (Lipinski definition) is 1. The molecule has 2 saturated carbocycles. The van der Waals surface area contributed by atoms with E-state index in [-0.39, 0.29) is 6.41 Å². The van der Waals surface area contributed by atoms with Crippen LogP contribution in [0.5, 0.6) is 0 Å². The molecule has 112 valence electrons. The Kier molecular flexibility index (Phi) is 9.38. The molecule has 0 unspecified atom stereocenters. The number of fused-ring (bicyclic) bond motifs is 1. The lowest BCUT2D eigenvalue weighted by atomic mass is 9.71. The summed E-state index contributed by atoms with van der Waals surface area (Å²) in [6.07, 6.45) is 12.6. The summed E-state index contributed by atoms with van der Waals surface area (Å²) < 4.78 is 1.13. The highest BCUT2D eigenvalue weighted by Gasteiger charge is 2.26. The van der Waals surface area contributed by atoms with Crippen LogP contribution in [0.15, 0.2) is 34.8 Å². The minimum atomic E-state index is 0.250. The molecule has 0 heterocycles. The van der Waals surface area contributed by atoms with Gasteiger partial charge in [0, 0.05) is 4.47 Å². The van der Waals surface area contributed by atoms with Gasteiger partial charge in [-0.05, 0) is 24.0 Å². The van der Waals surface area contributed by atoms with E-state index in [1.165, 1.54) is 25.7 Å². The summed E-state index contributed by atoms with van der Waals surface area (Å²) in [5.74, 6) is 2.31. The molecule has 0 aliphatic heterocycles. The topological polar surface area (TPSA) is 43.1 Å². The number of nitrogens with two attached hydrogens (primary N) is 1. The smallest absolute Gasteiger partial charge is 0.204 e. The summed E-state index contributed by atoms with van der Waals surface area (Å²) >= 11 is 3.31. The summed E-state index contributed by atoms with van der Waals surface area (Å²) in [5.41, 5.74) is 4.17. The van der Waals surface area contributed by atoms with Gasteiger partial charge in [-0.2, -0.15) is 0 Å². The molecule has 3 heteroatoms. The molecule has 2 aliphatic carbocycles. The van der Waals surface area contributed by atoms with E-state index >= 15 is 0 Å². The van der Waals surface area contributed by atoms with E-state index in [1.807, 2.05) is 30.3 Å². The maximum atomic E-state index is 8.58. The molecular weight excluding hydrogens is 314 g/mol. The average molecular weight is 340 g/mol. The molecule has 1 amide bonds. The Morgan fingerprint density at radius 1 is 0.900 bits per heavy atom. The van der Waals surface area contributed by atoms with Gasteiger partial charge in [-0.1, -0.05) is 85.5 Å². The molecule has 3 rings (SSSR count). The maximum absolute atomic E-state index is 8.58. The van der Waals surface area contributed by atoms with E-state index in [1.54, 1.807) is 25.7 Å². The maximum Gasteiger partial charge on any atom is 0.204 e. The molecule has 2 N–H and O–H groups in total. The van der Waals surface area contributed by atoms with E-state index in [2.05, 4.69) is 21.7 Å². The van der Waals surface area contributed by atoms with Crippen LogP contribution in [-0.4, -0.2) is 6.41 Å². The number of benzene rings is 1. The van der Waals surface area contributed by atoms with Crippen LogP contribution in [0, 0.1) is 11.8 Å². The van der Waals surface area contributed by atoms with Crippen molar-refractivity contribution in [2.24, 2.45) is 17.6 Å². The molecule has 2 fully saturated rings. The number of halogens is 1. The van der Waals surface area contributed by atoms with Crippen LogP contribution in [-0.2, 0) is 4.79 Å². The normalized spacial score (nSPS) is 24.1. The van der Waals surface area contributed by atoms with Gasteiger partial charge in [0.05, 0.1) is 0 Å². The Bertz CT molecular complexity index is 329. The first kappa shape index (κ1) is 17.2. The number of carbonyl (C=O) groups is 1. The quantitative estimate of drug-likeness (QED) is 0.670. The van der Waals surface area contributed by atoms with Crippen LogP contribution in [0.1, 0.15) is 51.4 Å². The van der Waals surface area contributed by atoms with Gasteiger partial charge in [0.15, 0.2) is 0 Å². The summed E-state index contributed by atoms with van der Waals surface area (Å²) in [4.78, 5) is 8.58. The molecule has 2 aliphatic rings. The van der Waals surface area contributed by atoms with Gasteiger partial charge in [0.25, 0.3) is 0 Å². The Labute approximate surface area is 131 Å². The van der Waals surface area contributed by atoms with Crippen LogP contribution in [0.25, 0.3) is 0 Å². The van der Waals surface area contributed by atoms with Gasteiger partial charge in [-0.3, -0.25) is 4.79 Å². The molecule has 2 nitrogen and oxygen atoms in total. The number of rotatable bonds is 0. The second-order valence-electron chi connectivity index (χ2n) is 5.52. The number of carbonyl (C=O) groups excluding carboxylic acids is 1.